The van der Waals surface area contributed by atoms with E-state index >= 15 is 0 Å². The summed E-state index contributed by atoms with van der Waals surface area (Å²) < 4.78 is 26.2. The Labute approximate surface area is 183 Å². The van der Waals surface area contributed by atoms with E-state index in [1.807, 2.05) is 20.2 Å². The summed E-state index contributed by atoms with van der Waals surface area (Å²) in [4.78, 5) is 19.3. The summed E-state index contributed by atoms with van der Waals surface area (Å²) in [5, 5.41) is 8.37. The van der Waals surface area contributed by atoms with Crippen LogP contribution in [0.15, 0.2) is 51.7 Å². The molecule has 1 aromatic carbocycles. The average molecular weight is 435 g/mol. The third kappa shape index (κ3) is 3.81. The molecule has 164 valence electrons. The normalized spacial score (nSPS) is 16.1. The minimum atomic E-state index is -0.276. The predicted molar refractivity (Wildman–Crippen MR) is 112 cm³/mol. The molecule has 1 atom stereocenters. The van der Waals surface area contributed by atoms with Gasteiger partial charge in [-0.1, -0.05) is 17.3 Å². The van der Waals surface area contributed by atoms with Crippen molar-refractivity contribution in [2.75, 3.05) is 6.54 Å². The van der Waals surface area contributed by atoms with Crippen LogP contribution in [-0.4, -0.2) is 37.3 Å². The van der Waals surface area contributed by atoms with Gasteiger partial charge in [0, 0.05) is 37.8 Å². The van der Waals surface area contributed by atoms with Crippen molar-refractivity contribution < 1.29 is 18.1 Å². The number of hydrogen-bond acceptors (Lipinski definition) is 6. The van der Waals surface area contributed by atoms with Gasteiger partial charge in [-0.3, -0.25) is 9.48 Å². The Morgan fingerprint density at radius 1 is 1.28 bits per heavy atom. The van der Waals surface area contributed by atoms with Crippen LogP contribution in [0.25, 0.3) is 11.3 Å². The zero-order chi connectivity index (χ0) is 22.2. The number of carbonyl (C=O) groups excluding carboxylic acids is 1. The summed E-state index contributed by atoms with van der Waals surface area (Å²) in [6.07, 6.45) is 5.61. The van der Waals surface area contributed by atoms with Gasteiger partial charge in [0.15, 0.2) is 0 Å². The van der Waals surface area contributed by atoms with Crippen LogP contribution >= 0.6 is 0 Å². The molecule has 0 saturated carbocycles. The highest BCUT2D eigenvalue weighted by Crippen LogP contribution is 2.34. The fourth-order valence-corrected chi connectivity index (χ4v) is 4.12. The number of aromatic nitrogens is 4. The summed E-state index contributed by atoms with van der Waals surface area (Å²) >= 11 is 0. The molecule has 1 saturated heterocycles. The van der Waals surface area contributed by atoms with E-state index in [1.165, 1.54) is 12.1 Å². The highest BCUT2D eigenvalue weighted by molar-refractivity contribution is 5.93. The average Bonchev–Trinajstić information content (AvgIpc) is 3.55. The molecule has 4 heterocycles. The van der Waals surface area contributed by atoms with Crippen molar-refractivity contribution in [3.8, 4) is 11.3 Å². The Balaban J connectivity index is 1.33. The van der Waals surface area contributed by atoms with Crippen molar-refractivity contribution in [2.45, 2.75) is 32.2 Å². The van der Waals surface area contributed by atoms with E-state index in [0.29, 0.717) is 30.3 Å². The minimum absolute atomic E-state index is 0.174. The number of hydrogen-bond donors (Lipinski definition) is 0. The number of rotatable bonds is 5. The van der Waals surface area contributed by atoms with Gasteiger partial charge >= 0.3 is 0 Å². The molecule has 0 unspecified atom stereocenters. The van der Waals surface area contributed by atoms with Gasteiger partial charge in [0.1, 0.15) is 23.3 Å². The first-order valence-corrected chi connectivity index (χ1v) is 10.5. The lowest BCUT2D eigenvalue weighted by molar-refractivity contribution is 0.0672. The van der Waals surface area contributed by atoms with Gasteiger partial charge in [0.05, 0.1) is 11.9 Å². The molecule has 1 aliphatic rings. The fraction of sp³-hybridized carbons (Fsp3) is 0.304. The maximum absolute atomic E-state index is 13.2. The first-order valence-electron chi connectivity index (χ1n) is 10.5. The molecule has 8 nitrogen and oxygen atoms in total. The second kappa shape index (κ2) is 8.07. The molecule has 1 aliphatic heterocycles. The van der Waals surface area contributed by atoms with Crippen LogP contribution in [0.4, 0.5) is 4.39 Å². The summed E-state index contributed by atoms with van der Waals surface area (Å²) in [6.45, 7) is 2.47. The molecule has 0 bridgehead atoms. The van der Waals surface area contributed by atoms with Gasteiger partial charge < -0.3 is 13.8 Å². The van der Waals surface area contributed by atoms with E-state index in [9.17, 15) is 9.18 Å². The summed E-state index contributed by atoms with van der Waals surface area (Å²) in [7, 11) is 1.83. The number of likely N-dealkylation sites (tertiary alicyclic amines) is 1. The zero-order valence-electron chi connectivity index (χ0n) is 17.8. The van der Waals surface area contributed by atoms with Crippen LogP contribution in [0.3, 0.4) is 0 Å². The maximum atomic E-state index is 13.2. The number of oxazole rings is 1. The summed E-state index contributed by atoms with van der Waals surface area (Å²) in [6, 6.07) is 7.66. The molecule has 4 aromatic rings. The van der Waals surface area contributed by atoms with Crippen LogP contribution in [0.2, 0.25) is 0 Å². The van der Waals surface area contributed by atoms with Crippen LogP contribution < -0.4 is 0 Å². The molecule has 32 heavy (non-hydrogen) atoms. The molecule has 3 aromatic heterocycles. The van der Waals surface area contributed by atoms with Crippen molar-refractivity contribution in [3.05, 3.63) is 77.2 Å². The minimum Gasteiger partial charge on any atom is -0.443 e. The van der Waals surface area contributed by atoms with Gasteiger partial charge in [-0.15, -0.1) is 0 Å². The summed E-state index contributed by atoms with van der Waals surface area (Å²) in [5.74, 6) is 0.816. The van der Waals surface area contributed by atoms with Gasteiger partial charge in [-0.25, -0.2) is 9.37 Å². The van der Waals surface area contributed by atoms with E-state index in [4.69, 9.17) is 8.94 Å². The molecule has 0 aliphatic carbocycles. The van der Waals surface area contributed by atoms with Crippen molar-refractivity contribution in [1.29, 1.82) is 0 Å². The van der Waals surface area contributed by atoms with Crippen LogP contribution in [0.5, 0.6) is 0 Å². The SMILES string of the molecule is Cc1nn(C)cc1-c1cc(C(=O)N2CCC[C@H]2c2ncc(Cc3ccc(F)cc3)o2)on1. The number of benzene rings is 1. The molecule has 5 rings (SSSR count). The highest BCUT2D eigenvalue weighted by atomic mass is 19.1. The van der Waals surface area contributed by atoms with Gasteiger partial charge in [-0.2, -0.15) is 5.10 Å². The third-order valence-electron chi connectivity index (χ3n) is 5.67. The maximum Gasteiger partial charge on any atom is 0.293 e. The molecule has 0 radical (unpaired) electrons. The van der Waals surface area contributed by atoms with Gasteiger partial charge in [0.25, 0.3) is 5.91 Å². The smallest absolute Gasteiger partial charge is 0.293 e. The second-order valence-corrected chi connectivity index (χ2v) is 8.00. The molecule has 1 amide bonds. The lowest BCUT2D eigenvalue weighted by Crippen LogP contribution is -2.30. The van der Waals surface area contributed by atoms with Crippen molar-refractivity contribution in [3.63, 3.8) is 0 Å². The van der Waals surface area contributed by atoms with Crippen LogP contribution in [0.1, 0.15) is 52.3 Å². The first kappa shape index (κ1) is 20.2. The lowest BCUT2D eigenvalue weighted by atomic mass is 10.1. The summed E-state index contributed by atoms with van der Waals surface area (Å²) in [5.41, 5.74) is 3.14. The first-order chi connectivity index (χ1) is 15.5. The number of aryl methyl sites for hydroxylation is 2. The number of nitrogens with zero attached hydrogens (tertiary/aromatic N) is 5. The Morgan fingerprint density at radius 3 is 2.84 bits per heavy atom. The molecular formula is C23H22FN5O3. The molecule has 9 heteroatoms. The molecule has 0 N–H and O–H groups in total. The largest absolute Gasteiger partial charge is 0.443 e. The Morgan fingerprint density at radius 2 is 2.09 bits per heavy atom. The fourth-order valence-electron chi connectivity index (χ4n) is 4.12. The highest BCUT2D eigenvalue weighted by Gasteiger charge is 2.35. The molecule has 0 spiro atoms. The van der Waals surface area contributed by atoms with E-state index in [-0.39, 0.29) is 23.5 Å². The number of halogens is 1. The van der Waals surface area contributed by atoms with Gasteiger partial charge in [-0.05, 0) is 37.5 Å². The van der Waals surface area contributed by atoms with Crippen molar-refractivity contribution in [2.24, 2.45) is 7.05 Å². The molecule has 1 fully saturated rings. The predicted octanol–water partition coefficient (Wildman–Crippen LogP) is 4.08. The van der Waals surface area contributed by atoms with E-state index in [0.717, 1.165) is 29.7 Å². The number of amides is 1. The van der Waals surface area contributed by atoms with Crippen LogP contribution in [-0.2, 0) is 13.5 Å². The topological polar surface area (TPSA) is 90.2 Å². The van der Waals surface area contributed by atoms with Crippen LogP contribution in [0, 0.1) is 12.7 Å². The standard InChI is InChI=1S/C23H22FN5O3/c1-14-18(13-28(2)26-14)19-11-21(32-27-19)23(30)29-9-3-4-20(29)22-25-12-17(31-22)10-15-5-7-16(24)8-6-15/h5-8,11-13,20H,3-4,9-10H2,1-2H3/t20-/m0/s1. The Bertz CT molecular complexity index is 1260. The van der Waals surface area contributed by atoms with E-state index in [1.54, 1.807) is 34.0 Å². The second-order valence-electron chi connectivity index (χ2n) is 8.00. The van der Waals surface area contributed by atoms with E-state index in [2.05, 4.69) is 15.2 Å². The van der Waals surface area contributed by atoms with Crippen molar-refractivity contribution in [1.82, 2.24) is 24.8 Å². The quantitative estimate of drug-likeness (QED) is 0.469. The monoisotopic (exact) mass is 435 g/mol. The third-order valence-corrected chi connectivity index (χ3v) is 5.67. The lowest BCUT2D eigenvalue weighted by Gasteiger charge is -2.20. The Hall–Kier alpha value is -3.75. The zero-order valence-corrected chi connectivity index (χ0v) is 17.8. The van der Waals surface area contributed by atoms with Gasteiger partial charge in [0.2, 0.25) is 11.7 Å². The molecular weight excluding hydrogens is 413 g/mol. The van der Waals surface area contributed by atoms with Crippen molar-refractivity contribution >= 4 is 5.91 Å². The Kier molecular flexibility index (Phi) is 5.08. The number of carbonyl (C=O) groups is 1. The van der Waals surface area contributed by atoms with E-state index < -0.39 is 0 Å².